The molecule has 47 heavy (non-hydrogen) atoms. The van der Waals surface area contributed by atoms with Gasteiger partial charge >= 0.3 is 17.8 Å². The van der Waals surface area contributed by atoms with Crippen LogP contribution in [0.3, 0.4) is 0 Å². The number of amides is 2. The number of hydrogen-bond acceptors (Lipinski definition) is 8. The second kappa shape index (κ2) is 12.0. The summed E-state index contributed by atoms with van der Waals surface area (Å²) >= 11 is 0. The van der Waals surface area contributed by atoms with E-state index in [1.54, 1.807) is 26.4 Å². The number of benzene rings is 1. The molecule has 0 fully saturated rings. The van der Waals surface area contributed by atoms with E-state index in [2.05, 4.69) is 0 Å². The molecule has 11 nitrogen and oxygen atoms in total. The number of aryl methyl sites for hydroxylation is 1. The molecule has 0 spiro atoms. The quantitative estimate of drug-likeness (QED) is 0.223. The van der Waals surface area contributed by atoms with Crippen molar-refractivity contribution in [2.45, 2.75) is 72.5 Å². The zero-order valence-corrected chi connectivity index (χ0v) is 28.0. The van der Waals surface area contributed by atoms with E-state index in [0.29, 0.717) is 61.5 Å². The minimum atomic E-state index is -0.558. The predicted octanol–water partition coefficient (Wildman–Crippen LogP) is 6.86. The number of aromatic nitrogens is 3. The van der Waals surface area contributed by atoms with E-state index in [-0.39, 0.29) is 12.2 Å². The van der Waals surface area contributed by atoms with E-state index in [4.69, 9.17) is 24.0 Å². The first-order valence-electron chi connectivity index (χ1n) is 15.9. The second-order valence-electron chi connectivity index (χ2n) is 14.0. The summed E-state index contributed by atoms with van der Waals surface area (Å²) in [5.74, 6) is 0. The Morgan fingerprint density at radius 1 is 0.830 bits per heavy atom. The molecule has 0 saturated heterocycles. The Bertz CT molecular complexity index is 2010. The van der Waals surface area contributed by atoms with Crippen LogP contribution in [0.15, 0.2) is 57.8 Å². The van der Waals surface area contributed by atoms with Crippen LogP contribution in [0.5, 0.6) is 0 Å². The summed E-state index contributed by atoms with van der Waals surface area (Å²) in [5, 5.41) is 5.62. The molecular formula is C36H41N5O6. The SMILES string of the molecule is Cc1nc2ccc(-c3cc4ccc(C5=CCN(C(=O)OC(C)(C)C)CC5)cc4oc3=O)nn2c1C1=CCN(C(=O)OC(C)(C)C)CC1. The molecule has 2 aliphatic rings. The van der Waals surface area contributed by atoms with Crippen LogP contribution in [0.1, 0.15) is 71.3 Å². The topological polar surface area (TPSA) is 119 Å². The van der Waals surface area contributed by atoms with Gasteiger partial charge in [-0.15, -0.1) is 0 Å². The summed E-state index contributed by atoms with van der Waals surface area (Å²) in [6, 6.07) is 11.2. The molecule has 0 saturated carbocycles. The van der Waals surface area contributed by atoms with Gasteiger partial charge in [-0.3, -0.25) is 0 Å². The summed E-state index contributed by atoms with van der Waals surface area (Å²) in [7, 11) is 0. The molecule has 2 amide bonds. The number of carbonyl (C=O) groups is 2. The van der Waals surface area contributed by atoms with Crippen molar-refractivity contribution in [1.82, 2.24) is 24.4 Å². The molecule has 0 N–H and O–H groups in total. The van der Waals surface area contributed by atoms with Crippen LogP contribution in [-0.4, -0.2) is 74.0 Å². The molecule has 0 atom stereocenters. The van der Waals surface area contributed by atoms with E-state index >= 15 is 0 Å². The van der Waals surface area contributed by atoms with E-state index < -0.39 is 16.8 Å². The first kappa shape index (κ1) is 32.0. The zero-order chi connectivity index (χ0) is 33.7. The highest BCUT2D eigenvalue weighted by atomic mass is 16.6. The number of ether oxygens (including phenoxy) is 2. The first-order chi connectivity index (χ1) is 22.1. The van der Waals surface area contributed by atoms with Crippen LogP contribution in [0.25, 0.3) is 39.0 Å². The molecule has 1 aromatic carbocycles. The van der Waals surface area contributed by atoms with Crippen LogP contribution in [0.4, 0.5) is 9.59 Å². The third-order valence-corrected chi connectivity index (χ3v) is 8.06. The Labute approximate surface area is 273 Å². The minimum Gasteiger partial charge on any atom is -0.444 e. The van der Waals surface area contributed by atoms with Crippen molar-refractivity contribution in [3.8, 4) is 11.3 Å². The molecule has 0 bridgehead atoms. The van der Waals surface area contributed by atoms with Gasteiger partial charge < -0.3 is 23.7 Å². The third kappa shape index (κ3) is 6.94. The van der Waals surface area contributed by atoms with Crippen LogP contribution in [0.2, 0.25) is 0 Å². The molecule has 5 heterocycles. The Kier molecular flexibility index (Phi) is 8.19. The highest BCUT2D eigenvalue weighted by Crippen LogP contribution is 2.30. The smallest absolute Gasteiger partial charge is 0.410 e. The average molecular weight is 640 g/mol. The van der Waals surface area contributed by atoms with E-state index in [9.17, 15) is 14.4 Å². The van der Waals surface area contributed by atoms with Crippen molar-refractivity contribution in [1.29, 1.82) is 0 Å². The predicted molar refractivity (Wildman–Crippen MR) is 180 cm³/mol. The van der Waals surface area contributed by atoms with Crippen molar-refractivity contribution < 1.29 is 23.5 Å². The lowest BCUT2D eigenvalue weighted by Crippen LogP contribution is -2.39. The van der Waals surface area contributed by atoms with Gasteiger partial charge in [-0.25, -0.2) is 23.9 Å². The molecule has 246 valence electrons. The first-order valence-corrected chi connectivity index (χ1v) is 15.9. The number of rotatable bonds is 3. The van der Waals surface area contributed by atoms with Gasteiger partial charge in [0.05, 0.1) is 22.6 Å². The molecule has 6 rings (SSSR count). The number of fused-ring (bicyclic) bond motifs is 2. The molecule has 0 radical (unpaired) electrons. The largest absolute Gasteiger partial charge is 0.444 e. The fraction of sp³-hybridized carbons (Fsp3) is 0.417. The minimum absolute atomic E-state index is 0.324. The highest BCUT2D eigenvalue weighted by molar-refractivity contribution is 5.85. The van der Waals surface area contributed by atoms with Gasteiger partial charge in [-0.05, 0) is 102 Å². The summed E-state index contributed by atoms with van der Waals surface area (Å²) in [6.45, 7) is 15.0. The van der Waals surface area contributed by atoms with Crippen LogP contribution in [-0.2, 0) is 9.47 Å². The second-order valence-corrected chi connectivity index (χ2v) is 14.0. The lowest BCUT2D eigenvalue weighted by molar-refractivity contribution is 0.0260. The maximum Gasteiger partial charge on any atom is 0.410 e. The van der Waals surface area contributed by atoms with Gasteiger partial charge in [0.25, 0.3) is 0 Å². The molecule has 11 heteroatoms. The normalized spacial score (nSPS) is 15.9. The van der Waals surface area contributed by atoms with E-state index in [1.807, 2.05) is 84.9 Å². The number of carbonyl (C=O) groups excluding carboxylic acids is 2. The number of imidazole rings is 1. The maximum absolute atomic E-state index is 13.3. The van der Waals surface area contributed by atoms with E-state index in [1.165, 1.54) is 0 Å². The Morgan fingerprint density at radius 3 is 2.02 bits per heavy atom. The van der Waals surface area contributed by atoms with Crippen molar-refractivity contribution in [2.24, 2.45) is 0 Å². The van der Waals surface area contributed by atoms with Gasteiger partial charge in [0.15, 0.2) is 5.65 Å². The molecule has 2 aliphatic heterocycles. The molecule has 0 unspecified atom stereocenters. The monoisotopic (exact) mass is 639 g/mol. The van der Waals surface area contributed by atoms with Crippen LogP contribution < -0.4 is 5.63 Å². The van der Waals surface area contributed by atoms with Gasteiger partial charge in [0, 0.05) is 31.6 Å². The Morgan fingerprint density at radius 2 is 1.45 bits per heavy atom. The van der Waals surface area contributed by atoms with Gasteiger partial charge in [0.1, 0.15) is 16.8 Å². The molecule has 0 aliphatic carbocycles. The van der Waals surface area contributed by atoms with Crippen molar-refractivity contribution >= 4 is 39.9 Å². The summed E-state index contributed by atoms with van der Waals surface area (Å²) < 4.78 is 18.6. The fourth-order valence-corrected chi connectivity index (χ4v) is 5.85. The summed E-state index contributed by atoms with van der Waals surface area (Å²) in [5.41, 5.74) is 5.11. The number of hydrogen-bond donors (Lipinski definition) is 0. The van der Waals surface area contributed by atoms with Gasteiger partial charge in [-0.2, -0.15) is 5.10 Å². The zero-order valence-electron chi connectivity index (χ0n) is 28.0. The highest BCUT2D eigenvalue weighted by Gasteiger charge is 2.27. The Balaban J connectivity index is 1.25. The Hall–Kier alpha value is -4.93. The lowest BCUT2D eigenvalue weighted by Gasteiger charge is -2.29. The average Bonchev–Trinajstić information content (AvgIpc) is 3.33. The molecule has 4 aromatic rings. The standard InChI is InChI=1S/C36H41N5O6/c1-22-31(24-14-18-40(19-15-24)34(44)47-36(5,6)7)41-30(37-22)11-10-28(38-41)27-20-26-9-8-25(21-29(26)45-32(27)42)23-12-16-39(17-13-23)33(43)46-35(2,3)4/h8-12,14,20-21H,13,15-19H2,1-7H3. The van der Waals surface area contributed by atoms with Gasteiger partial charge in [-0.1, -0.05) is 24.3 Å². The third-order valence-electron chi connectivity index (χ3n) is 8.06. The fourth-order valence-electron chi connectivity index (χ4n) is 5.85. The van der Waals surface area contributed by atoms with Crippen molar-refractivity contribution in [3.63, 3.8) is 0 Å². The lowest BCUT2D eigenvalue weighted by atomic mass is 9.98. The van der Waals surface area contributed by atoms with Gasteiger partial charge in [0.2, 0.25) is 0 Å². The summed E-state index contributed by atoms with van der Waals surface area (Å²) in [6.07, 6.45) is 4.65. The maximum atomic E-state index is 13.3. The van der Waals surface area contributed by atoms with Crippen LogP contribution >= 0.6 is 0 Å². The van der Waals surface area contributed by atoms with E-state index in [0.717, 1.165) is 33.5 Å². The number of nitrogens with zero attached hydrogens (tertiary/aromatic N) is 5. The molecular weight excluding hydrogens is 598 g/mol. The van der Waals surface area contributed by atoms with Crippen LogP contribution in [0, 0.1) is 6.92 Å². The van der Waals surface area contributed by atoms with Crippen molar-refractivity contribution in [2.75, 3.05) is 26.2 Å². The van der Waals surface area contributed by atoms with Crippen molar-refractivity contribution in [3.05, 3.63) is 75.9 Å². The molecule has 3 aromatic heterocycles. The summed E-state index contributed by atoms with van der Waals surface area (Å²) in [4.78, 5) is 46.4.